The normalized spacial score (nSPS) is 19.0. The smallest absolute Gasteiger partial charge is 0.335 e. The van der Waals surface area contributed by atoms with Crippen molar-refractivity contribution in [3.8, 4) is 0 Å². The van der Waals surface area contributed by atoms with E-state index in [1.807, 2.05) is 18.2 Å². The number of hydrogen-bond acceptors (Lipinski definition) is 11. The third-order valence-electron chi connectivity index (χ3n) is 12.2. The SMILES string of the molecule is CC/C=C\C/C=C\C/C=C\C/C=C\C/C=C\CC(=O)OC(COC(=O)CCCCCCCCC/C=C\C/C=C\C/C=C\CC)COC1OC(C(=O)O)C(O)C(O)C1OC(=O)CCCCCCC/C=C\C/C=C\C/C=C\CC. The number of carbonyl (C=O) groups is 4. The quantitative estimate of drug-likeness (QED) is 0.0228. The van der Waals surface area contributed by atoms with Gasteiger partial charge >= 0.3 is 23.9 Å². The Bertz CT molecular complexity index is 1850. The third kappa shape index (κ3) is 41.6. The molecule has 0 saturated carbocycles. The van der Waals surface area contributed by atoms with Crippen molar-refractivity contribution in [1.82, 2.24) is 0 Å². The molecule has 0 spiro atoms. The molecule has 0 aromatic carbocycles. The van der Waals surface area contributed by atoms with Gasteiger partial charge in [-0.1, -0.05) is 206 Å². The van der Waals surface area contributed by atoms with Crippen LogP contribution in [0.5, 0.6) is 0 Å². The standard InChI is InChI=1S/C65H100O12/c1-4-7-10-13-16-19-22-25-28-29-32-33-36-39-42-45-48-51-57(66)73-54-56(75-58(67)52-49-46-43-40-37-34-30-26-23-20-17-14-11-8-5-2)55-74-65-63(61(70)60(69)62(77-65)64(71)72)76-59(68)53-50-47-44-41-38-35-31-27-24-21-18-15-12-9-6-3/h7-12,16-21,25-28,30-31,37,40,46,49,56,60-63,65,69-70H,4-6,13-15,22-24,29,32-36,38-39,41-45,47-48,50-55H2,1-3H3,(H,71,72)/b10-7-,11-8-,12-9-,19-16-,20-17-,21-18-,28-25-,30-26-,31-27-,40-37-,49-46-. The first-order valence-corrected chi connectivity index (χ1v) is 29.2. The lowest BCUT2D eigenvalue weighted by molar-refractivity contribution is -0.301. The van der Waals surface area contributed by atoms with Gasteiger partial charge in [0.15, 0.2) is 24.6 Å². The van der Waals surface area contributed by atoms with Crippen molar-refractivity contribution in [3.63, 3.8) is 0 Å². The van der Waals surface area contributed by atoms with Crippen molar-refractivity contribution in [3.05, 3.63) is 134 Å². The maximum Gasteiger partial charge on any atom is 0.335 e. The van der Waals surface area contributed by atoms with Crippen LogP contribution in [-0.4, -0.2) is 89.2 Å². The lowest BCUT2D eigenvalue weighted by atomic mass is 9.98. The highest BCUT2D eigenvalue weighted by molar-refractivity contribution is 5.74. The van der Waals surface area contributed by atoms with Gasteiger partial charge in [-0.3, -0.25) is 14.4 Å². The van der Waals surface area contributed by atoms with E-state index in [4.69, 9.17) is 23.7 Å². The molecule has 3 N–H and O–H groups in total. The second-order valence-electron chi connectivity index (χ2n) is 19.1. The highest BCUT2D eigenvalue weighted by atomic mass is 16.7. The number of unbranched alkanes of at least 4 members (excludes halogenated alkanes) is 12. The van der Waals surface area contributed by atoms with Gasteiger partial charge in [-0.2, -0.15) is 0 Å². The Balaban J connectivity index is 2.77. The van der Waals surface area contributed by atoms with Crippen molar-refractivity contribution >= 4 is 23.9 Å². The number of aliphatic hydroxyl groups is 2. The Morgan fingerprint density at radius 3 is 1.25 bits per heavy atom. The fourth-order valence-electron chi connectivity index (χ4n) is 7.88. The number of aliphatic hydroxyl groups excluding tert-OH is 2. The number of ether oxygens (including phenoxy) is 5. The summed E-state index contributed by atoms with van der Waals surface area (Å²) in [5.41, 5.74) is 0. The number of hydrogen-bond donors (Lipinski definition) is 3. The molecule has 6 atom stereocenters. The molecule has 1 aliphatic heterocycles. The molecule has 12 nitrogen and oxygen atoms in total. The lowest BCUT2D eigenvalue weighted by Gasteiger charge is -2.40. The van der Waals surface area contributed by atoms with Crippen molar-refractivity contribution in [1.29, 1.82) is 0 Å². The van der Waals surface area contributed by atoms with Crippen LogP contribution in [0.3, 0.4) is 0 Å². The fourth-order valence-corrected chi connectivity index (χ4v) is 7.88. The molecule has 1 aliphatic rings. The van der Waals surface area contributed by atoms with Gasteiger partial charge in [0.05, 0.1) is 13.0 Å². The molecule has 12 heteroatoms. The molecule has 77 heavy (non-hydrogen) atoms. The summed E-state index contributed by atoms with van der Waals surface area (Å²) in [5, 5.41) is 31.5. The zero-order chi connectivity index (χ0) is 56.1. The average molecular weight is 1070 g/mol. The first-order chi connectivity index (χ1) is 37.6. The Labute approximate surface area is 464 Å². The van der Waals surface area contributed by atoms with Crippen molar-refractivity contribution in [2.75, 3.05) is 13.2 Å². The van der Waals surface area contributed by atoms with E-state index in [-0.39, 0.29) is 25.9 Å². The largest absolute Gasteiger partial charge is 0.479 e. The van der Waals surface area contributed by atoms with E-state index in [1.54, 1.807) is 6.08 Å². The van der Waals surface area contributed by atoms with Crippen LogP contribution in [0.25, 0.3) is 0 Å². The van der Waals surface area contributed by atoms with E-state index in [0.717, 1.165) is 141 Å². The molecule has 6 unspecified atom stereocenters. The lowest BCUT2D eigenvalue weighted by Crippen LogP contribution is -2.61. The van der Waals surface area contributed by atoms with E-state index in [9.17, 15) is 34.5 Å². The first kappa shape index (κ1) is 69.9. The van der Waals surface area contributed by atoms with Crippen LogP contribution < -0.4 is 0 Å². The Morgan fingerprint density at radius 2 is 0.818 bits per heavy atom. The number of carbonyl (C=O) groups excluding carboxylic acids is 3. The summed E-state index contributed by atoms with van der Waals surface area (Å²) in [6.45, 7) is 5.54. The van der Waals surface area contributed by atoms with Crippen LogP contribution in [0.1, 0.15) is 201 Å². The number of carboxylic acids is 1. The van der Waals surface area contributed by atoms with Crippen LogP contribution >= 0.6 is 0 Å². The average Bonchev–Trinajstić information content (AvgIpc) is 3.43. The highest BCUT2D eigenvalue weighted by Gasteiger charge is 2.50. The van der Waals surface area contributed by atoms with Gasteiger partial charge in [0.1, 0.15) is 18.8 Å². The molecule has 1 saturated heterocycles. The van der Waals surface area contributed by atoms with E-state index in [2.05, 4.69) is 130 Å². The van der Waals surface area contributed by atoms with Crippen molar-refractivity contribution < 1.29 is 58.2 Å². The van der Waals surface area contributed by atoms with Gasteiger partial charge in [0.2, 0.25) is 0 Å². The molecule has 1 rings (SSSR count). The number of allylic oxidation sites excluding steroid dienone is 21. The van der Waals surface area contributed by atoms with Crippen molar-refractivity contribution in [2.24, 2.45) is 0 Å². The number of carboxylic acid groups (broad SMARTS) is 1. The topological polar surface area (TPSA) is 175 Å². The minimum absolute atomic E-state index is 0.0221. The number of rotatable bonds is 47. The summed E-state index contributed by atoms with van der Waals surface area (Å²) in [6, 6.07) is 0. The van der Waals surface area contributed by atoms with Gasteiger partial charge < -0.3 is 39.0 Å². The molecule has 1 heterocycles. The second-order valence-corrected chi connectivity index (χ2v) is 19.1. The summed E-state index contributed by atoms with van der Waals surface area (Å²) in [6.07, 6.45) is 60.2. The molecule has 0 aliphatic carbocycles. The van der Waals surface area contributed by atoms with E-state index in [1.165, 1.54) is 0 Å². The zero-order valence-corrected chi connectivity index (χ0v) is 47.4. The van der Waals surface area contributed by atoms with Gasteiger partial charge in [0.25, 0.3) is 0 Å². The molecule has 1 fully saturated rings. The molecule has 432 valence electrons. The molecule has 0 aromatic heterocycles. The molecular formula is C65H100O12. The Kier molecular flexibility index (Phi) is 46.8. The van der Waals surface area contributed by atoms with Gasteiger partial charge in [-0.05, 0) is 109 Å². The summed E-state index contributed by atoms with van der Waals surface area (Å²) >= 11 is 0. The van der Waals surface area contributed by atoms with Gasteiger partial charge in [-0.15, -0.1) is 0 Å². The molecule has 0 radical (unpaired) electrons. The van der Waals surface area contributed by atoms with Crippen LogP contribution in [0.15, 0.2) is 134 Å². The maximum atomic E-state index is 13.1. The fraction of sp³-hybridized carbons (Fsp3) is 0.600. The van der Waals surface area contributed by atoms with Crippen LogP contribution in [0.4, 0.5) is 0 Å². The minimum atomic E-state index is -1.93. The minimum Gasteiger partial charge on any atom is -0.479 e. The van der Waals surface area contributed by atoms with Crippen molar-refractivity contribution in [2.45, 2.75) is 237 Å². The van der Waals surface area contributed by atoms with Crippen LogP contribution in [-0.2, 0) is 42.9 Å². The number of esters is 3. The van der Waals surface area contributed by atoms with Gasteiger partial charge in [0, 0.05) is 12.8 Å². The monoisotopic (exact) mass is 1070 g/mol. The van der Waals surface area contributed by atoms with E-state index in [0.29, 0.717) is 19.3 Å². The van der Waals surface area contributed by atoms with Gasteiger partial charge in [-0.25, -0.2) is 4.79 Å². The summed E-state index contributed by atoms with van der Waals surface area (Å²) in [5.74, 6) is -3.35. The maximum absolute atomic E-state index is 13.1. The number of aliphatic carboxylic acids is 1. The van der Waals surface area contributed by atoms with E-state index < -0.39 is 67.3 Å². The molecular weight excluding hydrogens is 973 g/mol. The molecule has 0 amide bonds. The second kappa shape index (κ2) is 51.6. The predicted octanol–water partition coefficient (Wildman–Crippen LogP) is 15.0. The molecule has 0 bridgehead atoms. The first-order valence-electron chi connectivity index (χ1n) is 29.2. The van der Waals surface area contributed by atoms with Crippen LogP contribution in [0.2, 0.25) is 0 Å². The van der Waals surface area contributed by atoms with Crippen LogP contribution in [0, 0.1) is 0 Å². The third-order valence-corrected chi connectivity index (χ3v) is 12.2. The summed E-state index contributed by atoms with van der Waals surface area (Å²) < 4.78 is 28.3. The Morgan fingerprint density at radius 1 is 0.442 bits per heavy atom. The zero-order valence-electron chi connectivity index (χ0n) is 47.4. The predicted molar refractivity (Wildman–Crippen MR) is 312 cm³/mol. The summed E-state index contributed by atoms with van der Waals surface area (Å²) in [4.78, 5) is 51.1. The Hall–Kier alpha value is -5.14. The van der Waals surface area contributed by atoms with E-state index >= 15 is 0 Å². The highest BCUT2D eigenvalue weighted by Crippen LogP contribution is 2.26. The summed E-state index contributed by atoms with van der Waals surface area (Å²) in [7, 11) is 0. The molecule has 0 aromatic rings.